The number of nitrogen functional groups attached to an aromatic ring is 1. The lowest BCUT2D eigenvalue weighted by Gasteiger charge is -2.23. The van der Waals surface area contributed by atoms with E-state index < -0.39 is 30.6 Å². The fourth-order valence-corrected chi connectivity index (χ4v) is 1.57. The molecule has 7 heteroatoms. The number of nitrogens with zero attached hydrogens (tertiary/aromatic N) is 1. The van der Waals surface area contributed by atoms with Gasteiger partial charge in [-0.1, -0.05) is 0 Å². The van der Waals surface area contributed by atoms with Crippen LogP contribution in [0.4, 0.5) is 19.3 Å². The highest BCUT2D eigenvalue weighted by Crippen LogP contribution is 2.22. The van der Waals surface area contributed by atoms with Gasteiger partial charge in [0.25, 0.3) is 0 Å². The number of halogens is 2. The number of rotatable bonds is 4. The van der Waals surface area contributed by atoms with Crippen molar-refractivity contribution >= 4 is 11.8 Å². The predicted molar refractivity (Wildman–Crippen MR) is 71.4 cm³/mol. The molecule has 1 rings (SSSR count). The predicted octanol–water partition coefficient (Wildman–Crippen LogP) is 2.88. The van der Waals surface area contributed by atoms with Crippen molar-refractivity contribution in [2.45, 2.75) is 45.3 Å². The van der Waals surface area contributed by atoms with E-state index >= 15 is 0 Å². The Bertz CT molecular complexity index is 461. The molecular formula is C13H19F2N3O2. The fraction of sp³-hybridized carbons (Fsp3) is 0.538. The number of amides is 1. The first-order valence-corrected chi connectivity index (χ1v) is 6.15. The quantitative estimate of drug-likeness (QED) is 0.892. The summed E-state index contributed by atoms with van der Waals surface area (Å²) in [5.41, 5.74) is 5.62. The van der Waals surface area contributed by atoms with Crippen molar-refractivity contribution in [1.82, 2.24) is 10.3 Å². The van der Waals surface area contributed by atoms with Gasteiger partial charge in [-0.2, -0.15) is 0 Å². The molecule has 1 amide bonds. The number of hydrogen-bond donors (Lipinski definition) is 2. The lowest BCUT2D eigenvalue weighted by atomic mass is 10.1. The zero-order valence-corrected chi connectivity index (χ0v) is 11.7. The molecule has 0 saturated heterocycles. The average Bonchev–Trinajstić information content (AvgIpc) is 2.24. The first-order chi connectivity index (χ1) is 9.17. The van der Waals surface area contributed by atoms with E-state index in [9.17, 15) is 13.6 Å². The van der Waals surface area contributed by atoms with Gasteiger partial charge in [0.15, 0.2) is 0 Å². The third-order valence-electron chi connectivity index (χ3n) is 2.29. The Morgan fingerprint density at radius 1 is 1.45 bits per heavy atom. The normalized spacial score (nSPS) is 13.1. The summed E-state index contributed by atoms with van der Waals surface area (Å²) in [4.78, 5) is 15.5. The van der Waals surface area contributed by atoms with Crippen LogP contribution in [0.5, 0.6) is 0 Å². The van der Waals surface area contributed by atoms with Gasteiger partial charge in [0.05, 0.1) is 11.7 Å². The minimum absolute atomic E-state index is 0.341. The molecule has 0 aliphatic rings. The second-order valence-electron chi connectivity index (χ2n) is 5.38. The van der Waals surface area contributed by atoms with E-state index in [1.54, 1.807) is 20.8 Å². The Labute approximate surface area is 116 Å². The van der Waals surface area contributed by atoms with Gasteiger partial charge in [-0.25, -0.2) is 13.6 Å². The maximum absolute atomic E-state index is 12.6. The number of nitrogens with one attached hydrogen (secondary N) is 1. The van der Waals surface area contributed by atoms with Gasteiger partial charge in [0.2, 0.25) is 6.43 Å². The molecule has 0 aliphatic carbocycles. The monoisotopic (exact) mass is 287 g/mol. The van der Waals surface area contributed by atoms with Crippen molar-refractivity contribution in [3.05, 3.63) is 24.0 Å². The second kappa shape index (κ2) is 6.49. The summed E-state index contributed by atoms with van der Waals surface area (Å²) >= 11 is 0. The van der Waals surface area contributed by atoms with Crippen LogP contribution in [0.3, 0.4) is 0 Å². The summed E-state index contributed by atoms with van der Waals surface area (Å²) in [7, 11) is 0. The number of hydrogen-bond acceptors (Lipinski definition) is 4. The number of anilines is 1. The molecule has 0 radical (unpaired) electrons. The van der Waals surface area contributed by atoms with Gasteiger partial charge >= 0.3 is 6.09 Å². The molecule has 0 saturated carbocycles. The average molecular weight is 287 g/mol. The number of aromatic nitrogens is 1. The summed E-state index contributed by atoms with van der Waals surface area (Å²) in [5.74, 6) is 0. The number of alkyl halides is 2. The zero-order chi connectivity index (χ0) is 15.3. The van der Waals surface area contributed by atoms with Crippen molar-refractivity contribution in [3.63, 3.8) is 0 Å². The van der Waals surface area contributed by atoms with Crippen LogP contribution < -0.4 is 11.1 Å². The highest BCUT2D eigenvalue weighted by Gasteiger charge is 2.23. The maximum atomic E-state index is 12.6. The van der Waals surface area contributed by atoms with Crippen molar-refractivity contribution < 1.29 is 18.3 Å². The van der Waals surface area contributed by atoms with Gasteiger partial charge in [-0.05, 0) is 32.4 Å². The topological polar surface area (TPSA) is 77.2 Å². The number of nitrogens with two attached hydrogens (primary N) is 1. The van der Waals surface area contributed by atoms with E-state index in [-0.39, 0.29) is 0 Å². The Morgan fingerprint density at radius 2 is 2.10 bits per heavy atom. The Hall–Kier alpha value is -1.92. The molecule has 1 aromatic heterocycles. The minimum atomic E-state index is -2.57. The molecule has 0 aromatic carbocycles. The second-order valence-corrected chi connectivity index (χ2v) is 5.38. The molecule has 0 spiro atoms. The number of alkyl carbamates (subject to hydrolysis) is 1. The SMILES string of the molecule is CC(C)(C)OC(=O)N[C@@H](CC(F)F)c1cncc(N)c1. The summed E-state index contributed by atoms with van der Waals surface area (Å²) in [5, 5.41) is 2.41. The number of pyridine rings is 1. The van der Waals surface area contributed by atoms with Crippen molar-refractivity contribution in [3.8, 4) is 0 Å². The van der Waals surface area contributed by atoms with E-state index in [4.69, 9.17) is 10.5 Å². The lowest BCUT2D eigenvalue weighted by molar-refractivity contribution is 0.0471. The first-order valence-electron chi connectivity index (χ1n) is 6.15. The Balaban J connectivity index is 2.82. The standard InChI is InChI=1S/C13H19F2N3O2/c1-13(2,3)20-12(19)18-10(5-11(14)15)8-4-9(16)7-17-6-8/h4,6-7,10-11H,5,16H2,1-3H3,(H,18,19)/t10-/m0/s1. The van der Waals surface area contributed by atoms with Crippen LogP contribution in [-0.2, 0) is 4.74 Å². The van der Waals surface area contributed by atoms with E-state index in [1.807, 2.05) is 0 Å². The van der Waals surface area contributed by atoms with E-state index in [2.05, 4.69) is 10.3 Å². The van der Waals surface area contributed by atoms with Gasteiger partial charge in [0, 0.05) is 18.8 Å². The highest BCUT2D eigenvalue weighted by atomic mass is 19.3. The van der Waals surface area contributed by atoms with E-state index in [1.165, 1.54) is 18.5 Å². The molecule has 0 aliphatic heterocycles. The smallest absolute Gasteiger partial charge is 0.408 e. The molecule has 0 unspecified atom stereocenters. The van der Waals surface area contributed by atoms with Gasteiger partial charge in [-0.3, -0.25) is 4.98 Å². The highest BCUT2D eigenvalue weighted by molar-refractivity contribution is 5.68. The van der Waals surface area contributed by atoms with Crippen LogP contribution in [0.15, 0.2) is 18.5 Å². The fourth-order valence-electron chi connectivity index (χ4n) is 1.57. The van der Waals surface area contributed by atoms with Crippen LogP contribution in [0.2, 0.25) is 0 Å². The third-order valence-corrected chi connectivity index (χ3v) is 2.29. The summed E-state index contributed by atoms with van der Waals surface area (Å²) in [6.45, 7) is 5.07. The molecular weight excluding hydrogens is 268 g/mol. The van der Waals surface area contributed by atoms with Crippen molar-refractivity contribution in [2.24, 2.45) is 0 Å². The lowest BCUT2D eigenvalue weighted by Crippen LogP contribution is -2.35. The zero-order valence-electron chi connectivity index (χ0n) is 11.7. The molecule has 1 atom stereocenters. The number of ether oxygens (including phenoxy) is 1. The molecule has 0 bridgehead atoms. The third kappa shape index (κ3) is 5.81. The molecule has 112 valence electrons. The molecule has 0 fully saturated rings. The summed E-state index contributed by atoms with van der Waals surface area (Å²) in [6.07, 6.45) is -1.08. The molecule has 5 nitrogen and oxygen atoms in total. The largest absolute Gasteiger partial charge is 0.444 e. The maximum Gasteiger partial charge on any atom is 0.408 e. The molecule has 1 aromatic rings. The van der Waals surface area contributed by atoms with E-state index in [0.717, 1.165) is 0 Å². The van der Waals surface area contributed by atoms with Crippen LogP contribution in [0.25, 0.3) is 0 Å². The van der Waals surface area contributed by atoms with Crippen LogP contribution >= 0.6 is 0 Å². The van der Waals surface area contributed by atoms with Crippen LogP contribution in [0.1, 0.15) is 38.8 Å². The molecule has 3 N–H and O–H groups in total. The van der Waals surface area contributed by atoms with Gasteiger partial charge in [0.1, 0.15) is 5.60 Å². The van der Waals surface area contributed by atoms with E-state index in [0.29, 0.717) is 11.3 Å². The summed E-state index contributed by atoms with van der Waals surface area (Å²) < 4.78 is 30.3. The number of carbonyl (C=O) groups excluding carboxylic acids is 1. The Kier molecular flexibility index (Phi) is 5.24. The van der Waals surface area contributed by atoms with Gasteiger partial charge < -0.3 is 15.8 Å². The minimum Gasteiger partial charge on any atom is -0.444 e. The van der Waals surface area contributed by atoms with Crippen molar-refractivity contribution in [2.75, 3.05) is 5.73 Å². The molecule has 1 heterocycles. The van der Waals surface area contributed by atoms with Crippen molar-refractivity contribution in [1.29, 1.82) is 0 Å². The number of carbonyl (C=O) groups is 1. The van der Waals surface area contributed by atoms with Crippen LogP contribution in [0, 0.1) is 0 Å². The summed E-state index contributed by atoms with van der Waals surface area (Å²) in [6, 6.07) is 0.595. The van der Waals surface area contributed by atoms with Crippen LogP contribution in [-0.4, -0.2) is 23.1 Å². The molecule has 20 heavy (non-hydrogen) atoms. The first kappa shape index (κ1) is 16.1. The van der Waals surface area contributed by atoms with Gasteiger partial charge in [-0.15, -0.1) is 0 Å². The Morgan fingerprint density at radius 3 is 2.60 bits per heavy atom.